The summed E-state index contributed by atoms with van der Waals surface area (Å²) in [4.78, 5) is 12.1. The predicted octanol–water partition coefficient (Wildman–Crippen LogP) is 3.35. The van der Waals surface area contributed by atoms with E-state index in [1.807, 2.05) is 6.20 Å². The van der Waals surface area contributed by atoms with Crippen LogP contribution in [0.1, 0.15) is 21.0 Å². The number of benzene rings is 1. The van der Waals surface area contributed by atoms with E-state index in [0.717, 1.165) is 30.5 Å². The molecular formula is C18H28IN5S. The highest BCUT2D eigenvalue weighted by Crippen LogP contribution is 2.20. The van der Waals surface area contributed by atoms with E-state index in [0.29, 0.717) is 0 Å². The Labute approximate surface area is 172 Å². The van der Waals surface area contributed by atoms with E-state index in [-0.39, 0.29) is 24.0 Å². The number of rotatable bonds is 6. The van der Waals surface area contributed by atoms with Crippen molar-refractivity contribution in [2.24, 2.45) is 4.99 Å². The average molecular weight is 473 g/mol. The largest absolute Gasteiger partial charge is 0.377 e. The SMILES string of the molecule is CN=C(NCCc1ncc(C)s1)NCc1ccc(C)cc1N(C)C.I. The monoisotopic (exact) mass is 473 g/mol. The molecule has 25 heavy (non-hydrogen) atoms. The molecule has 1 heterocycles. The minimum atomic E-state index is 0. The molecule has 0 saturated heterocycles. The molecule has 0 amide bonds. The van der Waals surface area contributed by atoms with Crippen LogP contribution < -0.4 is 15.5 Å². The van der Waals surface area contributed by atoms with Crippen molar-refractivity contribution >= 4 is 47.0 Å². The van der Waals surface area contributed by atoms with Crippen molar-refractivity contribution in [3.05, 3.63) is 45.4 Å². The van der Waals surface area contributed by atoms with Gasteiger partial charge in [0.15, 0.2) is 5.96 Å². The first kappa shape index (κ1) is 21.7. The Morgan fingerprint density at radius 3 is 2.60 bits per heavy atom. The summed E-state index contributed by atoms with van der Waals surface area (Å²) in [5.41, 5.74) is 3.75. The van der Waals surface area contributed by atoms with Gasteiger partial charge in [-0.15, -0.1) is 35.3 Å². The molecule has 0 atom stereocenters. The number of nitrogens with zero attached hydrogens (tertiary/aromatic N) is 3. The first-order valence-corrected chi connectivity index (χ1v) is 8.94. The van der Waals surface area contributed by atoms with Gasteiger partial charge in [0.25, 0.3) is 0 Å². The number of aromatic nitrogens is 1. The number of hydrogen-bond donors (Lipinski definition) is 2. The Bertz CT molecular complexity index is 697. The first-order valence-electron chi connectivity index (χ1n) is 8.12. The lowest BCUT2D eigenvalue weighted by Crippen LogP contribution is -2.38. The second kappa shape index (κ2) is 10.6. The minimum absolute atomic E-state index is 0. The standard InChI is InChI=1S/C18H27N5S.HI/c1-13-6-7-15(16(10-13)23(4)5)12-22-18(19-3)20-9-8-17-21-11-14(2)24-17;/h6-7,10-11H,8-9,12H2,1-5H3,(H2,19,20,22);1H. The summed E-state index contributed by atoms with van der Waals surface area (Å²) >= 11 is 1.75. The molecule has 0 spiro atoms. The maximum atomic E-state index is 4.38. The Morgan fingerprint density at radius 1 is 1.24 bits per heavy atom. The van der Waals surface area contributed by atoms with Crippen molar-refractivity contribution < 1.29 is 0 Å². The van der Waals surface area contributed by atoms with E-state index in [4.69, 9.17) is 0 Å². The molecule has 1 aromatic heterocycles. The van der Waals surface area contributed by atoms with Gasteiger partial charge in [-0.1, -0.05) is 12.1 Å². The molecule has 0 saturated carbocycles. The number of thiazole rings is 1. The zero-order valence-electron chi connectivity index (χ0n) is 15.6. The number of nitrogens with one attached hydrogen (secondary N) is 2. The molecule has 0 aliphatic rings. The fraction of sp³-hybridized carbons (Fsp3) is 0.444. The molecule has 0 bridgehead atoms. The summed E-state index contributed by atoms with van der Waals surface area (Å²) < 4.78 is 0. The lowest BCUT2D eigenvalue weighted by molar-refractivity contribution is 0.790. The highest BCUT2D eigenvalue weighted by atomic mass is 127. The molecule has 0 aliphatic carbocycles. The van der Waals surface area contributed by atoms with Gasteiger partial charge in [-0.05, 0) is 31.0 Å². The zero-order valence-corrected chi connectivity index (χ0v) is 18.7. The van der Waals surface area contributed by atoms with E-state index in [1.165, 1.54) is 21.7 Å². The molecule has 2 rings (SSSR count). The second-order valence-corrected chi connectivity index (χ2v) is 7.31. The molecule has 2 N–H and O–H groups in total. The Balaban J connectivity index is 0.00000312. The topological polar surface area (TPSA) is 52.6 Å². The van der Waals surface area contributed by atoms with Crippen LogP contribution in [0.25, 0.3) is 0 Å². The normalized spacial score (nSPS) is 11.0. The van der Waals surface area contributed by atoms with Gasteiger partial charge in [0.05, 0.1) is 5.01 Å². The third-order valence-electron chi connectivity index (χ3n) is 3.69. The molecule has 0 fully saturated rings. The summed E-state index contributed by atoms with van der Waals surface area (Å²) in [5, 5.41) is 7.89. The van der Waals surface area contributed by atoms with Gasteiger partial charge in [-0.3, -0.25) is 4.99 Å². The van der Waals surface area contributed by atoms with Crippen LogP contribution in [0, 0.1) is 13.8 Å². The smallest absolute Gasteiger partial charge is 0.191 e. The van der Waals surface area contributed by atoms with Gasteiger partial charge in [0.1, 0.15) is 0 Å². The Kier molecular flexibility index (Phi) is 9.20. The van der Waals surface area contributed by atoms with Crippen molar-refractivity contribution in [2.45, 2.75) is 26.8 Å². The highest BCUT2D eigenvalue weighted by Gasteiger charge is 2.06. The quantitative estimate of drug-likeness (QED) is 0.384. The van der Waals surface area contributed by atoms with E-state index < -0.39 is 0 Å². The third kappa shape index (κ3) is 6.81. The van der Waals surface area contributed by atoms with Crippen LogP contribution in [-0.2, 0) is 13.0 Å². The molecule has 0 aliphatic heterocycles. The van der Waals surface area contributed by atoms with Crippen LogP contribution in [0.4, 0.5) is 5.69 Å². The van der Waals surface area contributed by atoms with Gasteiger partial charge in [0.2, 0.25) is 0 Å². The van der Waals surface area contributed by atoms with Gasteiger partial charge in [0, 0.05) is 57.4 Å². The van der Waals surface area contributed by atoms with Crippen molar-refractivity contribution in [2.75, 3.05) is 32.6 Å². The molecule has 0 radical (unpaired) electrons. The highest BCUT2D eigenvalue weighted by molar-refractivity contribution is 14.0. The number of aliphatic imine (C=N–C) groups is 1. The lowest BCUT2D eigenvalue weighted by atomic mass is 10.1. The maximum absolute atomic E-state index is 4.38. The summed E-state index contributed by atoms with van der Waals surface area (Å²) in [6.45, 7) is 5.76. The number of anilines is 1. The molecule has 138 valence electrons. The Morgan fingerprint density at radius 2 is 2.00 bits per heavy atom. The van der Waals surface area contributed by atoms with Crippen LogP contribution in [0.2, 0.25) is 0 Å². The van der Waals surface area contributed by atoms with Gasteiger partial charge in [-0.25, -0.2) is 4.98 Å². The number of hydrogen-bond acceptors (Lipinski definition) is 4. The number of guanidine groups is 1. The van der Waals surface area contributed by atoms with Crippen LogP contribution in [-0.4, -0.2) is 38.6 Å². The molecule has 0 unspecified atom stereocenters. The fourth-order valence-corrected chi connectivity index (χ4v) is 3.23. The zero-order chi connectivity index (χ0) is 17.5. The van der Waals surface area contributed by atoms with E-state index in [9.17, 15) is 0 Å². The summed E-state index contributed by atoms with van der Waals surface area (Å²) in [6.07, 6.45) is 2.83. The minimum Gasteiger partial charge on any atom is -0.377 e. The van der Waals surface area contributed by atoms with E-state index in [2.05, 4.69) is 71.7 Å². The fourth-order valence-electron chi connectivity index (χ4n) is 2.44. The molecular weight excluding hydrogens is 445 g/mol. The van der Waals surface area contributed by atoms with Crippen LogP contribution in [0.3, 0.4) is 0 Å². The third-order valence-corrected chi connectivity index (χ3v) is 4.67. The van der Waals surface area contributed by atoms with E-state index >= 15 is 0 Å². The lowest BCUT2D eigenvalue weighted by Gasteiger charge is -2.19. The maximum Gasteiger partial charge on any atom is 0.191 e. The van der Waals surface area contributed by atoms with Gasteiger partial charge in [-0.2, -0.15) is 0 Å². The van der Waals surface area contributed by atoms with Crippen molar-refractivity contribution in [3.63, 3.8) is 0 Å². The number of aryl methyl sites for hydroxylation is 2. The van der Waals surface area contributed by atoms with Gasteiger partial charge < -0.3 is 15.5 Å². The van der Waals surface area contributed by atoms with Crippen LogP contribution in [0.5, 0.6) is 0 Å². The van der Waals surface area contributed by atoms with Gasteiger partial charge >= 0.3 is 0 Å². The van der Waals surface area contributed by atoms with E-state index in [1.54, 1.807) is 18.4 Å². The Hall–Kier alpha value is -1.35. The van der Waals surface area contributed by atoms with Crippen LogP contribution >= 0.6 is 35.3 Å². The predicted molar refractivity (Wildman–Crippen MR) is 120 cm³/mol. The summed E-state index contributed by atoms with van der Waals surface area (Å²) in [7, 11) is 5.94. The average Bonchev–Trinajstić information content (AvgIpc) is 2.96. The summed E-state index contributed by atoms with van der Waals surface area (Å²) in [6, 6.07) is 6.52. The first-order chi connectivity index (χ1) is 11.5. The number of halogens is 1. The summed E-state index contributed by atoms with van der Waals surface area (Å²) in [5.74, 6) is 0.813. The second-order valence-electron chi connectivity index (χ2n) is 5.99. The molecule has 1 aromatic carbocycles. The molecule has 5 nitrogen and oxygen atoms in total. The van der Waals surface area contributed by atoms with Crippen molar-refractivity contribution in [1.82, 2.24) is 15.6 Å². The van der Waals surface area contributed by atoms with Crippen molar-refractivity contribution in [3.8, 4) is 0 Å². The van der Waals surface area contributed by atoms with Crippen molar-refractivity contribution in [1.29, 1.82) is 0 Å². The molecule has 7 heteroatoms. The molecule has 2 aromatic rings. The van der Waals surface area contributed by atoms with Crippen LogP contribution in [0.15, 0.2) is 29.4 Å².